The van der Waals surface area contributed by atoms with Crippen LogP contribution in [0.15, 0.2) is 36.5 Å². The fourth-order valence-electron chi connectivity index (χ4n) is 6.56. The van der Waals surface area contributed by atoms with Gasteiger partial charge in [-0.05, 0) is 66.8 Å². The van der Waals surface area contributed by atoms with Crippen molar-refractivity contribution in [3.05, 3.63) is 65.1 Å². The molecule has 2 bridgehead atoms. The minimum absolute atomic E-state index is 0.135. The van der Waals surface area contributed by atoms with Crippen LogP contribution in [0.25, 0.3) is 11.3 Å². The van der Waals surface area contributed by atoms with E-state index >= 15 is 0 Å². The van der Waals surface area contributed by atoms with Gasteiger partial charge in [0.2, 0.25) is 5.95 Å². The number of rotatable bonds is 3. The van der Waals surface area contributed by atoms with E-state index in [0.717, 1.165) is 42.9 Å². The van der Waals surface area contributed by atoms with Gasteiger partial charge in [-0.25, -0.2) is 18.7 Å². The number of benzene rings is 1. The van der Waals surface area contributed by atoms with Gasteiger partial charge in [-0.2, -0.15) is 5.10 Å². The molecule has 3 aliphatic rings. The zero-order chi connectivity index (χ0) is 23.7. The highest BCUT2D eigenvalue weighted by atomic mass is 19.1. The van der Waals surface area contributed by atoms with E-state index in [2.05, 4.69) is 33.9 Å². The van der Waals surface area contributed by atoms with Gasteiger partial charge in [-0.15, -0.1) is 5.10 Å². The number of anilines is 1. The lowest BCUT2D eigenvalue weighted by Crippen LogP contribution is -2.40. The van der Waals surface area contributed by atoms with Crippen molar-refractivity contribution in [3.8, 4) is 11.3 Å². The van der Waals surface area contributed by atoms with E-state index in [4.69, 9.17) is 4.98 Å². The molecule has 176 valence electrons. The highest BCUT2D eigenvalue weighted by Gasteiger charge is 2.65. The normalized spacial score (nSPS) is 25.6. The second-order valence-corrected chi connectivity index (χ2v) is 10.3. The number of piperidine rings is 1. The Hall–Kier alpha value is -3.00. The zero-order valence-corrected chi connectivity index (χ0v) is 19.3. The number of aliphatic hydroxyl groups is 1. The number of hydrogen-bond donors (Lipinski definition) is 1. The molecule has 1 saturated heterocycles. The Morgan fingerprint density at radius 2 is 1.76 bits per heavy atom. The van der Waals surface area contributed by atoms with E-state index in [9.17, 15) is 13.9 Å². The van der Waals surface area contributed by atoms with E-state index < -0.39 is 17.0 Å². The summed E-state index contributed by atoms with van der Waals surface area (Å²) in [6.45, 7) is 5.90. The Kier molecular flexibility index (Phi) is 4.75. The van der Waals surface area contributed by atoms with Crippen LogP contribution in [0.1, 0.15) is 62.4 Å². The molecule has 1 aliphatic heterocycles. The zero-order valence-electron chi connectivity index (χ0n) is 19.3. The maximum atomic E-state index is 14.5. The predicted molar refractivity (Wildman–Crippen MR) is 123 cm³/mol. The third-order valence-corrected chi connectivity index (χ3v) is 8.43. The van der Waals surface area contributed by atoms with Gasteiger partial charge in [0.25, 0.3) is 0 Å². The Bertz CT molecular complexity index is 1250. The van der Waals surface area contributed by atoms with Crippen molar-refractivity contribution in [2.45, 2.75) is 57.0 Å². The van der Waals surface area contributed by atoms with Crippen molar-refractivity contribution >= 4 is 5.95 Å². The smallest absolute Gasteiger partial charge is 0.225 e. The molecular weight excluding hydrogens is 436 g/mol. The van der Waals surface area contributed by atoms with Gasteiger partial charge in [0.1, 0.15) is 11.6 Å². The van der Waals surface area contributed by atoms with E-state index in [1.807, 2.05) is 12.1 Å². The summed E-state index contributed by atoms with van der Waals surface area (Å²) in [5.41, 5.74) is 2.22. The van der Waals surface area contributed by atoms with Gasteiger partial charge >= 0.3 is 0 Å². The van der Waals surface area contributed by atoms with E-state index in [-0.39, 0.29) is 28.7 Å². The molecule has 0 radical (unpaired) electrons. The molecule has 6 rings (SSSR count). The number of aromatic nitrogens is 4. The third kappa shape index (κ3) is 2.87. The molecule has 0 amide bonds. The van der Waals surface area contributed by atoms with Crippen molar-refractivity contribution in [2.24, 2.45) is 5.41 Å². The van der Waals surface area contributed by atoms with Crippen LogP contribution in [0, 0.1) is 17.0 Å². The van der Waals surface area contributed by atoms with Gasteiger partial charge < -0.3 is 10.0 Å². The van der Waals surface area contributed by atoms with Crippen LogP contribution < -0.4 is 4.90 Å². The van der Waals surface area contributed by atoms with Crippen molar-refractivity contribution < 1.29 is 13.9 Å². The second-order valence-electron chi connectivity index (χ2n) is 10.3. The summed E-state index contributed by atoms with van der Waals surface area (Å²) in [7, 11) is 0. The molecule has 3 aromatic rings. The summed E-state index contributed by atoms with van der Waals surface area (Å²) in [4.78, 5) is 11.7. The lowest BCUT2D eigenvalue weighted by Gasteiger charge is -2.38. The first-order chi connectivity index (χ1) is 16.3. The van der Waals surface area contributed by atoms with E-state index in [1.54, 1.807) is 6.20 Å². The molecule has 8 heteroatoms. The van der Waals surface area contributed by atoms with Crippen LogP contribution in [-0.2, 0) is 5.41 Å². The van der Waals surface area contributed by atoms with E-state index in [1.165, 1.54) is 18.2 Å². The molecule has 0 spiro atoms. The Morgan fingerprint density at radius 3 is 2.50 bits per heavy atom. The average molecular weight is 464 g/mol. The van der Waals surface area contributed by atoms with Crippen molar-refractivity contribution in [2.75, 3.05) is 18.0 Å². The second kappa shape index (κ2) is 7.50. The fraction of sp³-hybridized carbons (Fsp3) is 0.462. The van der Waals surface area contributed by atoms with Crippen LogP contribution in [-0.4, -0.2) is 44.5 Å². The molecule has 2 fully saturated rings. The lowest BCUT2D eigenvalue weighted by atomic mass is 9.66. The number of aliphatic hydroxyl groups excluding tert-OH is 1. The number of halogens is 2. The highest BCUT2D eigenvalue weighted by Crippen LogP contribution is 2.69. The summed E-state index contributed by atoms with van der Waals surface area (Å²) in [5, 5.41) is 18.8. The summed E-state index contributed by atoms with van der Waals surface area (Å²) in [5.74, 6) is -0.420. The van der Waals surface area contributed by atoms with Crippen LogP contribution in [0.2, 0.25) is 0 Å². The monoisotopic (exact) mass is 463 g/mol. The maximum absolute atomic E-state index is 14.5. The number of nitrogens with zero attached hydrogens (tertiary/aromatic N) is 5. The van der Waals surface area contributed by atoms with Gasteiger partial charge in [0.15, 0.2) is 0 Å². The number of hydrogen-bond acceptors (Lipinski definition) is 6. The molecule has 34 heavy (non-hydrogen) atoms. The Morgan fingerprint density at radius 1 is 1.03 bits per heavy atom. The van der Waals surface area contributed by atoms with Gasteiger partial charge in [0.05, 0.1) is 34.2 Å². The van der Waals surface area contributed by atoms with Crippen LogP contribution >= 0.6 is 0 Å². The minimum Gasteiger partial charge on any atom is -0.393 e. The Balaban J connectivity index is 1.46. The van der Waals surface area contributed by atoms with Crippen LogP contribution in [0.4, 0.5) is 14.7 Å². The largest absolute Gasteiger partial charge is 0.393 e. The third-order valence-electron chi connectivity index (χ3n) is 8.43. The molecule has 0 unspecified atom stereocenters. The van der Waals surface area contributed by atoms with Crippen LogP contribution in [0.5, 0.6) is 0 Å². The predicted octanol–water partition coefficient (Wildman–Crippen LogP) is 4.38. The lowest BCUT2D eigenvalue weighted by molar-refractivity contribution is 0.145. The molecule has 6 nitrogen and oxygen atoms in total. The first-order valence-corrected chi connectivity index (χ1v) is 11.9. The van der Waals surface area contributed by atoms with Crippen LogP contribution in [0.3, 0.4) is 0 Å². The summed E-state index contributed by atoms with van der Waals surface area (Å²) in [6.07, 6.45) is 4.77. The minimum atomic E-state index is -0.640. The van der Waals surface area contributed by atoms with Crippen molar-refractivity contribution in [3.63, 3.8) is 0 Å². The molecular formula is C26H27F2N5O. The maximum Gasteiger partial charge on any atom is 0.225 e. The molecule has 1 aromatic carbocycles. The highest BCUT2D eigenvalue weighted by molar-refractivity contribution is 5.64. The quantitative estimate of drug-likeness (QED) is 0.622. The van der Waals surface area contributed by atoms with Gasteiger partial charge in [-0.3, -0.25) is 0 Å². The van der Waals surface area contributed by atoms with Crippen molar-refractivity contribution in [1.29, 1.82) is 0 Å². The first kappa shape index (κ1) is 21.5. The Labute approximate surface area is 197 Å². The molecule has 2 aromatic heterocycles. The molecule has 1 saturated carbocycles. The van der Waals surface area contributed by atoms with E-state index in [0.29, 0.717) is 18.8 Å². The fourth-order valence-corrected chi connectivity index (χ4v) is 6.56. The molecule has 2 atom stereocenters. The standard InChI is InChI=1S/C26H27F2N5O/c1-25(2)17-6-10-26(25,21-7-11-29-24(30-21)33-12-8-15(34)9-13-33)23-16(17)14-20(31-32-23)22-18(27)4-3-5-19(22)28/h3-5,7,11,14-15,17,34H,6,8-10,12-13H2,1-2H3/t17-,26-/m0/s1. The van der Waals surface area contributed by atoms with Crippen molar-refractivity contribution in [1.82, 2.24) is 20.2 Å². The molecule has 1 N–H and O–H groups in total. The summed E-state index contributed by atoms with van der Waals surface area (Å²) < 4.78 is 28.9. The molecule has 2 aliphatic carbocycles. The summed E-state index contributed by atoms with van der Waals surface area (Å²) >= 11 is 0. The summed E-state index contributed by atoms with van der Waals surface area (Å²) in [6, 6.07) is 7.63. The topological polar surface area (TPSA) is 75.0 Å². The SMILES string of the molecule is CC1(C)[C@H]2CC[C@]1(c1ccnc(N3CCC(O)CC3)n1)c1nnc(-c3c(F)cccc3F)cc12. The van der Waals surface area contributed by atoms with Gasteiger partial charge in [0, 0.05) is 19.3 Å². The van der Waals surface area contributed by atoms with Gasteiger partial charge in [-0.1, -0.05) is 19.9 Å². The molecule has 3 heterocycles. The average Bonchev–Trinajstić information content (AvgIpc) is 3.21. The first-order valence-electron chi connectivity index (χ1n) is 11.9. The number of fused-ring (bicyclic) bond motifs is 5.